The first-order valence-corrected chi connectivity index (χ1v) is 15.4. The molecule has 14 heteroatoms. The Hall–Kier alpha value is -3.12. The lowest BCUT2D eigenvalue weighted by Crippen LogP contribution is -2.30. The van der Waals surface area contributed by atoms with Crippen molar-refractivity contribution in [2.75, 3.05) is 0 Å². The van der Waals surface area contributed by atoms with E-state index in [1.807, 2.05) is 9.44 Å². The molecule has 0 saturated heterocycles. The normalized spacial score (nSPS) is 11.1. The number of benzene rings is 4. The van der Waals surface area contributed by atoms with Gasteiger partial charge in [0.25, 0.3) is 31.9 Å². The minimum Gasteiger partial charge on any atom is -0.268 e. The van der Waals surface area contributed by atoms with Crippen LogP contribution in [0.4, 0.5) is 0 Å². The fourth-order valence-corrected chi connectivity index (χ4v) is 5.71. The van der Waals surface area contributed by atoms with Crippen LogP contribution in [0.3, 0.4) is 0 Å². The Morgan fingerprint density at radius 3 is 1.25 bits per heavy atom. The molecule has 0 heterocycles. The van der Waals surface area contributed by atoms with Crippen LogP contribution in [0.15, 0.2) is 107 Å². The number of sulfonamides is 2. The molecule has 0 atom stereocenters. The Morgan fingerprint density at radius 1 is 0.475 bits per heavy atom. The summed E-state index contributed by atoms with van der Waals surface area (Å²) in [6.45, 7) is 0. The zero-order valence-electron chi connectivity index (χ0n) is 20.0. The molecule has 4 aromatic carbocycles. The van der Waals surface area contributed by atoms with Crippen molar-refractivity contribution < 1.29 is 26.4 Å². The Labute approximate surface area is 250 Å². The largest absolute Gasteiger partial charge is 0.268 e. The molecule has 0 spiro atoms. The fraction of sp³-hybridized carbons (Fsp3) is 0. The van der Waals surface area contributed by atoms with Crippen LogP contribution in [0, 0.1) is 0 Å². The molecular formula is C26H18Cl4N2O6S2. The third kappa shape index (κ3) is 8.95. The monoisotopic (exact) mass is 658 g/mol. The van der Waals surface area contributed by atoms with Gasteiger partial charge in [0.05, 0.1) is 9.79 Å². The molecule has 208 valence electrons. The molecule has 0 fully saturated rings. The van der Waals surface area contributed by atoms with Crippen molar-refractivity contribution in [3.8, 4) is 0 Å². The third-order valence-electron chi connectivity index (χ3n) is 4.86. The molecule has 0 unspecified atom stereocenters. The second-order valence-corrected chi connectivity index (χ2v) is 12.9. The molecule has 0 aliphatic rings. The van der Waals surface area contributed by atoms with Crippen LogP contribution in [0.5, 0.6) is 0 Å². The van der Waals surface area contributed by atoms with Gasteiger partial charge in [0.15, 0.2) is 0 Å². The van der Waals surface area contributed by atoms with Crippen LogP contribution in [0.25, 0.3) is 0 Å². The van der Waals surface area contributed by atoms with Crippen molar-refractivity contribution in [3.63, 3.8) is 0 Å². The summed E-state index contributed by atoms with van der Waals surface area (Å²) >= 11 is 22.9. The molecule has 2 amide bonds. The van der Waals surface area contributed by atoms with Gasteiger partial charge in [-0.1, -0.05) is 64.6 Å². The van der Waals surface area contributed by atoms with Crippen LogP contribution >= 0.6 is 46.4 Å². The van der Waals surface area contributed by atoms with Crippen LogP contribution in [-0.4, -0.2) is 28.6 Å². The SMILES string of the molecule is O=C(NS(=O)(=O)c1ccc(Cl)cc1)c1cc(Cl)cc(Cl)c1.O=C(NS(=O)(=O)c1ccc(Cl)cc1)c1ccccc1. The summed E-state index contributed by atoms with van der Waals surface area (Å²) in [5.41, 5.74) is 0.324. The molecule has 4 aromatic rings. The molecular weight excluding hydrogens is 642 g/mol. The quantitative estimate of drug-likeness (QED) is 0.253. The van der Waals surface area contributed by atoms with Crippen LogP contribution in [-0.2, 0) is 20.0 Å². The van der Waals surface area contributed by atoms with Gasteiger partial charge in [-0.25, -0.2) is 26.3 Å². The number of halogens is 4. The second-order valence-electron chi connectivity index (χ2n) is 7.80. The number of carbonyl (C=O) groups is 2. The zero-order chi connectivity index (χ0) is 29.5. The van der Waals surface area contributed by atoms with E-state index in [0.29, 0.717) is 10.0 Å². The predicted molar refractivity (Wildman–Crippen MR) is 155 cm³/mol. The van der Waals surface area contributed by atoms with Crippen LogP contribution < -0.4 is 9.44 Å². The average molecular weight is 660 g/mol. The minimum absolute atomic E-state index is 0.0128. The molecule has 4 rings (SSSR count). The lowest BCUT2D eigenvalue weighted by atomic mass is 10.2. The van der Waals surface area contributed by atoms with Gasteiger partial charge in [-0.2, -0.15) is 0 Å². The summed E-state index contributed by atoms with van der Waals surface area (Å²) in [4.78, 5) is 23.7. The fourth-order valence-electron chi connectivity index (χ4n) is 2.98. The highest BCUT2D eigenvalue weighted by Gasteiger charge is 2.20. The Kier molecular flexibility index (Phi) is 10.6. The van der Waals surface area contributed by atoms with Crippen molar-refractivity contribution >= 4 is 78.3 Å². The standard InChI is InChI=1S/C13H8Cl3NO3S.C13H10ClNO3S/c14-9-1-3-12(4-2-9)21(19,20)17-13(18)8-5-10(15)7-11(16)6-8;14-11-6-8-12(9-7-11)19(17,18)15-13(16)10-4-2-1-3-5-10/h1-7H,(H,17,18);1-9H,(H,15,16). The average Bonchev–Trinajstić information content (AvgIpc) is 2.89. The number of rotatable bonds is 6. The van der Waals surface area contributed by atoms with Gasteiger partial charge in [0.2, 0.25) is 0 Å². The van der Waals surface area contributed by atoms with Crippen molar-refractivity contribution in [2.45, 2.75) is 9.79 Å². The number of amides is 2. The Bertz CT molecular complexity index is 1710. The summed E-state index contributed by atoms with van der Waals surface area (Å²) in [6, 6.07) is 23.2. The highest BCUT2D eigenvalue weighted by molar-refractivity contribution is 7.90. The first-order chi connectivity index (χ1) is 18.8. The van der Waals surface area contributed by atoms with Crippen LogP contribution in [0.2, 0.25) is 20.1 Å². The van der Waals surface area contributed by atoms with Gasteiger partial charge >= 0.3 is 0 Å². The van der Waals surface area contributed by atoms with Gasteiger partial charge < -0.3 is 0 Å². The first-order valence-electron chi connectivity index (χ1n) is 10.9. The van der Waals surface area contributed by atoms with Crippen molar-refractivity contribution in [3.05, 3.63) is 128 Å². The number of nitrogens with one attached hydrogen (secondary N) is 2. The van der Waals surface area contributed by atoms with Gasteiger partial charge in [0.1, 0.15) is 0 Å². The maximum Gasteiger partial charge on any atom is 0.265 e. The summed E-state index contributed by atoms with van der Waals surface area (Å²) in [5.74, 6) is -1.50. The Morgan fingerprint density at radius 2 is 0.850 bits per heavy atom. The smallest absolute Gasteiger partial charge is 0.265 e. The summed E-state index contributed by atoms with van der Waals surface area (Å²) in [5, 5.41) is 1.28. The third-order valence-corrected chi connectivity index (χ3v) is 8.50. The van der Waals surface area contributed by atoms with E-state index in [1.54, 1.807) is 18.2 Å². The molecule has 0 saturated carbocycles. The molecule has 2 N–H and O–H groups in total. The molecule has 0 bridgehead atoms. The van der Waals surface area contributed by atoms with E-state index in [4.69, 9.17) is 46.4 Å². The molecule has 0 aliphatic carbocycles. The van der Waals surface area contributed by atoms with E-state index < -0.39 is 31.9 Å². The highest BCUT2D eigenvalue weighted by atomic mass is 35.5. The van der Waals surface area contributed by atoms with E-state index in [0.717, 1.165) is 0 Å². The van der Waals surface area contributed by atoms with E-state index >= 15 is 0 Å². The lowest BCUT2D eigenvalue weighted by Gasteiger charge is -2.07. The van der Waals surface area contributed by atoms with Crippen molar-refractivity contribution in [2.24, 2.45) is 0 Å². The Balaban J connectivity index is 0.000000222. The topological polar surface area (TPSA) is 126 Å². The molecule has 0 aliphatic heterocycles. The summed E-state index contributed by atoms with van der Waals surface area (Å²) in [7, 11) is -7.88. The first kappa shape index (κ1) is 31.4. The molecule has 0 radical (unpaired) electrons. The lowest BCUT2D eigenvalue weighted by molar-refractivity contribution is 0.0972. The summed E-state index contributed by atoms with van der Waals surface area (Å²) in [6.07, 6.45) is 0. The molecule has 40 heavy (non-hydrogen) atoms. The van der Waals surface area contributed by atoms with Crippen LogP contribution in [0.1, 0.15) is 20.7 Å². The van der Waals surface area contributed by atoms with Crippen molar-refractivity contribution in [1.29, 1.82) is 0 Å². The minimum atomic E-state index is -3.99. The number of carbonyl (C=O) groups excluding carboxylic acids is 2. The predicted octanol–water partition coefficient (Wildman–Crippen LogP) is 6.22. The van der Waals surface area contributed by atoms with Gasteiger partial charge in [0, 0.05) is 31.2 Å². The van der Waals surface area contributed by atoms with E-state index in [1.165, 1.54) is 78.9 Å². The van der Waals surface area contributed by atoms with E-state index in [-0.39, 0.29) is 31.0 Å². The number of hydrogen-bond donors (Lipinski definition) is 2. The maximum atomic E-state index is 12.1. The molecule has 8 nitrogen and oxygen atoms in total. The highest BCUT2D eigenvalue weighted by Crippen LogP contribution is 2.20. The van der Waals surface area contributed by atoms with Crippen molar-refractivity contribution in [1.82, 2.24) is 9.44 Å². The van der Waals surface area contributed by atoms with Gasteiger partial charge in [-0.05, 0) is 78.9 Å². The molecule has 0 aromatic heterocycles. The summed E-state index contributed by atoms with van der Waals surface area (Å²) < 4.78 is 52.0. The zero-order valence-corrected chi connectivity index (χ0v) is 24.7. The van der Waals surface area contributed by atoms with Gasteiger partial charge in [-0.3, -0.25) is 9.59 Å². The van der Waals surface area contributed by atoms with Gasteiger partial charge in [-0.15, -0.1) is 0 Å². The van der Waals surface area contributed by atoms with E-state index in [9.17, 15) is 26.4 Å². The second kappa shape index (κ2) is 13.5. The van der Waals surface area contributed by atoms with E-state index in [2.05, 4.69) is 0 Å². The maximum absolute atomic E-state index is 12.1. The number of hydrogen-bond acceptors (Lipinski definition) is 6.